The van der Waals surface area contributed by atoms with E-state index in [4.69, 9.17) is 16.3 Å². The smallest absolute Gasteiger partial charge is 0.338 e. The summed E-state index contributed by atoms with van der Waals surface area (Å²) >= 11 is 6.40. The number of ether oxygens (including phenoxy) is 1. The van der Waals surface area contributed by atoms with Gasteiger partial charge in [0.05, 0.1) is 22.8 Å². The van der Waals surface area contributed by atoms with Gasteiger partial charge in [-0.15, -0.1) is 0 Å². The van der Waals surface area contributed by atoms with Crippen molar-refractivity contribution in [2.45, 2.75) is 18.2 Å². The predicted octanol–water partition coefficient (Wildman–Crippen LogP) is 6.55. The molecule has 4 rings (SSSR count). The maximum atomic E-state index is 13.7. The van der Waals surface area contributed by atoms with Crippen LogP contribution in [0.15, 0.2) is 102 Å². The number of hydrogen-bond donors (Lipinski definition) is 1. The number of amides is 1. The zero-order chi connectivity index (χ0) is 28.7. The Hall–Kier alpha value is -4.21. The van der Waals surface area contributed by atoms with E-state index >= 15 is 0 Å². The highest BCUT2D eigenvalue weighted by Crippen LogP contribution is 2.32. The molecule has 40 heavy (non-hydrogen) atoms. The van der Waals surface area contributed by atoms with Gasteiger partial charge in [-0.05, 0) is 84.8 Å². The van der Waals surface area contributed by atoms with Crippen molar-refractivity contribution in [1.29, 1.82) is 0 Å². The molecule has 0 aromatic heterocycles. The van der Waals surface area contributed by atoms with Crippen LogP contribution in [0.3, 0.4) is 0 Å². The Balaban J connectivity index is 1.60. The highest BCUT2D eigenvalue weighted by molar-refractivity contribution is 7.92. The number of sulfonamides is 1. The lowest BCUT2D eigenvalue weighted by Crippen LogP contribution is -2.34. The van der Waals surface area contributed by atoms with E-state index in [2.05, 4.69) is 5.32 Å². The third kappa shape index (κ3) is 7.05. The topological polar surface area (TPSA) is 92.8 Å². The highest BCUT2D eigenvalue weighted by atomic mass is 35.5. The van der Waals surface area contributed by atoms with E-state index < -0.39 is 27.7 Å². The Bertz CT molecular complexity index is 1600. The molecule has 0 aliphatic carbocycles. The molecule has 4 aromatic rings. The van der Waals surface area contributed by atoms with Gasteiger partial charge in [-0.3, -0.25) is 9.10 Å². The molecule has 4 aromatic carbocycles. The molecular weight excluding hydrogens is 555 g/mol. The van der Waals surface area contributed by atoms with Gasteiger partial charge in [-0.2, -0.15) is 0 Å². The zero-order valence-electron chi connectivity index (χ0n) is 21.5. The van der Waals surface area contributed by atoms with Crippen LogP contribution in [0.2, 0.25) is 5.02 Å². The summed E-state index contributed by atoms with van der Waals surface area (Å²) in [6, 6.07) is 24.8. The lowest BCUT2D eigenvalue weighted by molar-refractivity contribution is -0.116. The van der Waals surface area contributed by atoms with Crippen LogP contribution in [0, 0.1) is 5.82 Å². The average molecular weight is 581 g/mol. The first kappa shape index (κ1) is 28.8. The molecule has 206 valence electrons. The predicted molar refractivity (Wildman–Crippen MR) is 153 cm³/mol. The molecule has 0 aliphatic heterocycles. The van der Waals surface area contributed by atoms with Crippen LogP contribution in [0.1, 0.15) is 23.7 Å². The summed E-state index contributed by atoms with van der Waals surface area (Å²) in [5.74, 6) is -1.50. The molecule has 0 saturated heterocycles. The fourth-order valence-electron chi connectivity index (χ4n) is 3.97. The summed E-state index contributed by atoms with van der Waals surface area (Å²) in [6.07, 6.45) is -0.201. The molecule has 10 heteroatoms. The summed E-state index contributed by atoms with van der Waals surface area (Å²) < 4.78 is 47.0. The number of rotatable bonds is 10. The Labute approximate surface area is 237 Å². The molecule has 0 radical (unpaired) electrons. The van der Waals surface area contributed by atoms with Gasteiger partial charge in [0, 0.05) is 23.7 Å². The molecule has 7 nitrogen and oxygen atoms in total. The molecule has 1 amide bonds. The van der Waals surface area contributed by atoms with Crippen molar-refractivity contribution >= 4 is 44.9 Å². The van der Waals surface area contributed by atoms with Crippen LogP contribution in [-0.2, 0) is 19.6 Å². The van der Waals surface area contributed by atoms with E-state index in [9.17, 15) is 22.4 Å². The van der Waals surface area contributed by atoms with E-state index in [0.717, 1.165) is 22.0 Å². The van der Waals surface area contributed by atoms with Gasteiger partial charge in [0.1, 0.15) is 5.82 Å². The minimum Gasteiger partial charge on any atom is -0.462 e. The van der Waals surface area contributed by atoms with Gasteiger partial charge in [-0.25, -0.2) is 17.6 Å². The van der Waals surface area contributed by atoms with Crippen molar-refractivity contribution in [3.8, 4) is 11.1 Å². The molecule has 0 saturated carbocycles. The minimum atomic E-state index is -4.20. The molecule has 0 heterocycles. The van der Waals surface area contributed by atoms with Gasteiger partial charge >= 0.3 is 5.97 Å². The van der Waals surface area contributed by atoms with Gasteiger partial charge in [0.15, 0.2) is 0 Å². The average Bonchev–Trinajstić information content (AvgIpc) is 2.94. The lowest BCUT2D eigenvalue weighted by Gasteiger charge is -2.25. The summed E-state index contributed by atoms with van der Waals surface area (Å²) in [6.45, 7) is 1.73. The third-order valence-corrected chi connectivity index (χ3v) is 7.96. The third-order valence-electron chi connectivity index (χ3n) is 5.90. The molecule has 1 N–H and O–H groups in total. The van der Waals surface area contributed by atoms with Crippen molar-refractivity contribution in [3.05, 3.63) is 113 Å². The van der Waals surface area contributed by atoms with Crippen LogP contribution < -0.4 is 9.62 Å². The number of carbonyl (C=O) groups excluding carboxylic acids is 2. The van der Waals surface area contributed by atoms with Crippen molar-refractivity contribution in [2.75, 3.05) is 22.8 Å². The first-order valence-electron chi connectivity index (χ1n) is 12.4. The number of carbonyl (C=O) groups is 2. The second-order valence-corrected chi connectivity index (χ2v) is 11.0. The largest absolute Gasteiger partial charge is 0.462 e. The lowest BCUT2D eigenvalue weighted by atomic mass is 10.1. The zero-order valence-corrected chi connectivity index (χ0v) is 23.1. The standard InChI is InChI=1S/C30H26ClFN2O5S/c1-2-39-30(36)22-8-12-26(13-9-22)33-29(35)16-17-34(40(37,38)28-14-10-25(32)11-15-28)27-19-23(18-24(31)20-27)21-6-4-3-5-7-21/h3-15,18-20H,2,16-17H2,1H3,(H,33,35). The molecular formula is C30H26ClFN2O5S. The van der Waals surface area contributed by atoms with Crippen LogP contribution in [0.5, 0.6) is 0 Å². The molecule has 0 aliphatic rings. The molecule has 0 atom stereocenters. The van der Waals surface area contributed by atoms with Crippen molar-refractivity contribution in [3.63, 3.8) is 0 Å². The first-order valence-corrected chi connectivity index (χ1v) is 14.2. The fourth-order valence-corrected chi connectivity index (χ4v) is 5.65. The van der Waals surface area contributed by atoms with Crippen LogP contribution >= 0.6 is 11.6 Å². The Morgan fingerprint density at radius 2 is 1.57 bits per heavy atom. The molecule has 0 bridgehead atoms. The van der Waals surface area contributed by atoms with E-state index in [1.807, 2.05) is 30.3 Å². The maximum Gasteiger partial charge on any atom is 0.338 e. The Kier molecular flexibility index (Phi) is 9.19. The van der Waals surface area contributed by atoms with Crippen molar-refractivity contribution in [2.24, 2.45) is 0 Å². The number of benzene rings is 4. The Morgan fingerprint density at radius 3 is 2.23 bits per heavy atom. The summed E-state index contributed by atoms with van der Waals surface area (Å²) in [5.41, 5.74) is 2.54. The summed E-state index contributed by atoms with van der Waals surface area (Å²) in [5, 5.41) is 3.01. The van der Waals surface area contributed by atoms with Crippen LogP contribution in [-0.4, -0.2) is 33.4 Å². The van der Waals surface area contributed by atoms with Gasteiger partial charge in [0.2, 0.25) is 5.91 Å². The minimum absolute atomic E-state index is 0.134. The van der Waals surface area contributed by atoms with Crippen molar-refractivity contribution < 1.29 is 27.1 Å². The van der Waals surface area contributed by atoms with E-state index in [1.54, 1.807) is 31.2 Å². The first-order chi connectivity index (χ1) is 19.2. The fraction of sp³-hybridized carbons (Fsp3) is 0.133. The second kappa shape index (κ2) is 12.8. The quantitative estimate of drug-likeness (QED) is 0.215. The molecule has 0 spiro atoms. The SMILES string of the molecule is CCOC(=O)c1ccc(NC(=O)CCN(c2cc(Cl)cc(-c3ccccc3)c2)S(=O)(=O)c2ccc(F)cc2)cc1. The number of halogens is 2. The van der Waals surface area contributed by atoms with E-state index in [0.29, 0.717) is 21.8 Å². The summed E-state index contributed by atoms with van der Waals surface area (Å²) in [4.78, 5) is 24.6. The normalized spacial score (nSPS) is 11.1. The monoisotopic (exact) mass is 580 g/mol. The van der Waals surface area contributed by atoms with E-state index in [-0.39, 0.29) is 30.2 Å². The van der Waals surface area contributed by atoms with Gasteiger partial charge in [0.25, 0.3) is 10.0 Å². The van der Waals surface area contributed by atoms with Crippen LogP contribution in [0.25, 0.3) is 11.1 Å². The highest BCUT2D eigenvalue weighted by Gasteiger charge is 2.26. The molecule has 0 unspecified atom stereocenters. The second-order valence-electron chi connectivity index (χ2n) is 8.69. The van der Waals surface area contributed by atoms with E-state index in [1.165, 1.54) is 30.3 Å². The number of nitrogens with one attached hydrogen (secondary N) is 1. The van der Waals surface area contributed by atoms with Gasteiger partial charge in [-0.1, -0.05) is 41.9 Å². The molecule has 0 fully saturated rings. The Morgan fingerprint density at radius 1 is 0.900 bits per heavy atom. The van der Waals surface area contributed by atoms with Crippen molar-refractivity contribution in [1.82, 2.24) is 0 Å². The maximum absolute atomic E-state index is 13.7. The number of nitrogens with zero attached hydrogens (tertiary/aromatic N) is 1. The summed E-state index contributed by atoms with van der Waals surface area (Å²) in [7, 11) is -4.20. The van der Waals surface area contributed by atoms with Crippen LogP contribution in [0.4, 0.5) is 15.8 Å². The number of hydrogen-bond acceptors (Lipinski definition) is 5. The number of anilines is 2. The number of esters is 1. The van der Waals surface area contributed by atoms with Gasteiger partial charge < -0.3 is 10.1 Å².